The van der Waals surface area contributed by atoms with E-state index in [1.165, 1.54) is 5.56 Å². The van der Waals surface area contributed by atoms with Gasteiger partial charge in [0.05, 0.1) is 10.6 Å². The van der Waals surface area contributed by atoms with E-state index in [0.29, 0.717) is 28.5 Å². The highest BCUT2D eigenvalue weighted by molar-refractivity contribution is 6.34. The molecule has 1 saturated heterocycles. The summed E-state index contributed by atoms with van der Waals surface area (Å²) >= 11 is 6.21. The first kappa shape index (κ1) is 25.1. The lowest BCUT2D eigenvalue weighted by Gasteiger charge is -2.20. The van der Waals surface area contributed by atoms with Crippen LogP contribution in [-0.2, 0) is 12.0 Å². The van der Waals surface area contributed by atoms with Gasteiger partial charge in [-0.15, -0.1) is 0 Å². The third-order valence-electron chi connectivity index (χ3n) is 7.05. The minimum absolute atomic E-state index is 0.0571. The fraction of sp³-hybridized carbons (Fsp3) is 0.290. The van der Waals surface area contributed by atoms with Gasteiger partial charge in [0.1, 0.15) is 5.69 Å². The second-order valence-electron chi connectivity index (χ2n) is 10.8. The van der Waals surface area contributed by atoms with Gasteiger partial charge < -0.3 is 14.8 Å². The predicted octanol–water partition coefficient (Wildman–Crippen LogP) is 7.13. The first-order valence-corrected chi connectivity index (χ1v) is 13.2. The Morgan fingerprint density at radius 3 is 2.30 bits per heavy atom. The lowest BCUT2D eigenvalue weighted by molar-refractivity contribution is 0.0783. The highest BCUT2D eigenvalue weighted by Crippen LogP contribution is 2.28. The molecule has 1 aromatic heterocycles. The van der Waals surface area contributed by atoms with Crippen LogP contribution in [0, 0.1) is 0 Å². The number of carbonyl (C=O) groups is 2. The zero-order valence-corrected chi connectivity index (χ0v) is 22.3. The van der Waals surface area contributed by atoms with Crippen LogP contribution in [0.3, 0.4) is 0 Å². The Hall–Kier alpha value is -3.57. The molecule has 0 bridgehead atoms. The number of benzene rings is 3. The molecular weight excluding hydrogens is 482 g/mol. The van der Waals surface area contributed by atoms with Gasteiger partial charge >= 0.3 is 0 Å². The Morgan fingerprint density at radius 1 is 0.919 bits per heavy atom. The maximum atomic E-state index is 13.5. The van der Waals surface area contributed by atoms with Gasteiger partial charge in [0.2, 0.25) is 0 Å². The van der Waals surface area contributed by atoms with E-state index >= 15 is 0 Å². The van der Waals surface area contributed by atoms with Crippen molar-refractivity contribution >= 4 is 40.0 Å². The lowest BCUT2D eigenvalue weighted by atomic mass is 9.87. The Bertz CT molecular complexity index is 1460. The van der Waals surface area contributed by atoms with E-state index in [4.69, 9.17) is 11.6 Å². The highest BCUT2D eigenvalue weighted by Gasteiger charge is 2.24. The van der Waals surface area contributed by atoms with Gasteiger partial charge in [-0.05, 0) is 65.8 Å². The molecular formula is C31H32ClN3O2. The summed E-state index contributed by atoms with van der Waals surface area (Å²) in [5, 5.41) is 4.26. The second kappa shape index (κ2) is 10.1. The number of aromatic nitrogens is 1. The molecule has 1 aliphatic heterocycles. The standard InChI is InChI=1S/C31H32ClN3O2/c1-31(2,3)23-12-10-21(11-13-23)20-35-27-15-14-24(33-29(36)25-8-4-5-9-26(25)32)18-22(27)19-28(35)30(37)34-16-6-7-17-34/h4-5,8-15,18-19H,6-7,16-17,20H2,1-3H3,(H,33,36). The largest absolute Gasteiger partial charge is 0.337 e. The summed E-state index contributed by atoms with van der Waals surface area (Å²) in [6.45, 7) is 8.79. The molecule has 37 heavy (non-hydrogen) atoms. The smallest absolute Gasteiger partial charge is 0.270 e. The summed E-state index contributed by atoms with van der Waals surface area (Å²) in [5.74, 6) is -0.210. The Kier molecular flexibility index (Phi) is 6.82. The summed E-state index contributed by atoms with van der Waals surface area (Å²) in [6.07, 6.45) is 2.08. The molecule has 2 heterocycles. The maximum Gasteiger partial charge on any atom is 0.270 e. The minimum Gasteiger partial charge on any atom is -0.337 e. The molecule has 3 aromatic carbocycles. The molecule has 0 atom stereocenters. The number of hydrogen-bond acceptors (Lipinski definition) is 2. The van der Waals surface area contributed by atoms with E-state index in [2.05, 4.69) is 54.9 Å². The molecule has 5 nitrogen and oxygen atoms in total. The third kappa shape index (κ3) is 5.28. The highest BCUT2D eigenvalue weighted by atomic mass is 35.5. The number of likely N-dealkylation sites (tertiary alicyclic amines) is 1. The van der Waals surface area contributed by atoms with Gasteiger partial charge in [0, 0.05) is 36.2 Å². The molecule has 1 fully saturated rings. The zero-order chi connectivity index (χ0) is 26.2. The van der Waals surface area contributed by atoms with Crippen molar-refractivity contribution in [3.8, 4) is 0 Å². The Morgan fingerprint density at radius 2 is 1.62 bits per heavy atom. The monoisotopic (exact) mass is 513 g/mol. The number of hydrogen-bond donors (Lipinski definition) is 1. The lowest BCUT2D eigenvalue weighted by Crippen LogP contribution is -2.29. The van der Waals surface area contributed by atoms with Crippen LogP contribution in [0.15, 0.2) is 72.8 Å². The van der Waals surface area contributed by atoms with E-state index < -0.39 is 0 Å². The predicted molar refractivity (Wildman–Crippen MR) is 151 cm³/mol. The first-order valence-electron chi connectivity index (χ1n) is 12.8. The van der Waals surface area contributed by atoms with Crippen LogP contribution < -0.4 is 5.32 Å². The summed E-state index contributed by atoms with van der Waals surface area (Å²) in [7, 11) is 0. The second-order valence-corrected chi connectivity index (χ2v) is 11.2. The molecule has 1 N–H and O–H groups in total. The molecule has 2 amide bonds. The molecule has 0 unspecified atom stereocenters. The van der Waals surface area contributed by atoms with Crippen molar-refractivity contribution in [2.24, 2.45) is 0 Å². The number of rotatable bonds is 5. The minimum atomic E-state index is -0.267. The summed E-state index contributed by atoms with van der Waals surface area (Å²) in [5.41, 5.74) is 5.21. The van der Waals surface area contributed by atoms with Crippen molar-refractivity contribution < 1.29 is 9.59 Å². The summed E-state index contributed by atoms with van der Waals surface area (Å²) < 4.78 is 2.10. The molecule has 0 radical (unpaired) electrons. The third-order valence-corrected chi connectivity index (χ3v) is 7.38. The molecule has 4 aromatic rings. The van der Waals surface area contributed by atoms with E-state index in [9.17, 15) is 9.59 Å². The fourth-order valence-electron chi connectivity index (χ4n) is 4.91. The van der Waals surface area contributed by atoms with Crippen molar-refractivity contribution in [1.82, 2.24) is 9.47 Å². The van der Waals surface area contributed by atoms with Crippen LogP contribution in [0.1, 0.15) is 65.6 Å². The summed E-state index contributed by atoms with van der Waals surface area (Å²) in [6, 6.07) is 23.3. The van der Waals surface area contributed by atoms with Crippen LogP contribution in [0.2, 0.25) is 5.02 Å². The molecule has 0 saturated carbocycles. The van der Waals surface area contributed by atoms with Crippen molar-refractivity contribution in [3.05, 3.63) is 100 Å². The maximum absolute atomic E-state index is 13.5. The van der Waals surface area contributed by atoms with Crippen LogP contribution >= 0.6 is 11.6 Å². The van der Waals surface area contributed by atoms with Gasteiger partial charge in [-0.1, -0.05) is 68.8 Å². The summed E-state index contributed by atoms with van der Waals surface area (Å²) in [4.78, 5) is 28.3. The average molecular weight is 514 g/mol. The van der Waals surface area contributed by atoms with Crippen molar-refractivity contribution in [2.45, 2.75) is 45.6 Å². The van der Waals surface area contributed by atoms with Crippen molar-refractivity contribution in [2.75, 3.05) is 18.4 Å². The van der Waals surface area contributed by atoms with Gasteiger partial charge in [-0.2, -0.15) is 0 Å². The SMILES string of the molecule is CC(C)(C)c1ccc(Cn2c(C(=O)N3CCCC3)cc3cc(NC(=O)c4ccccc4Cl)ccc32)cc1. The molecule has 190 valence electrons. The first-order chi connectivity index (χ1) is 17.7. The van der Waals surface area contributed by atoms with Crippen molar-refractivity contribution in [1.29, 1.82) is 0 Å². The van der Waals surface area contributed by atoms with Crippen LogP contribution in [0.4, 0.5) is 5.69 Å². The Balaban J connectivity index is 1.49. The van der Waals surface area contributed by atoms with E-state index in [0.717, 1.165) is 42.4 Å². The van der Waals surface area contributed by atoms with Gasteiger partial charge in [0.15, 0.2) is 0 Å². The molecule has 5 rings (SSSR count). The number of amides is 2. The molecule has 0 spiro atoms. The van der Waals surface area contributed by atoms with E-state index in [1.54, 1.807) is 24.3 Å². The van der Waals surface area contributed by atoms with Gasteiger partial charge in [-0.25, -0.2) is 0 Å². The molecule has 6 heteroatoms. The number of anilines is 1. The van der Waals surface area contributed by atoms with Crippen LogP contribution in [0.5, 0.6) is 0 Å². The topological polar surface area (TPSA) is 54.3 Å². The fourth-order valence-corrected chi connectivity index (χ4v) is 5.14. The van der Waals surface area contributed by atoms with Crippen LogP contribution in [-0.4, -0.2) is 34.4 Å². The van der Waals surface area contributed by atoms with Gasteiger partial charge in [0.25, 0.3) is 11.8 Å². The number of nitrogens with one attached hydrogen (secondary N) is 1. The van der Waals surface area contributed by atoms with Crippen molar-refractivity contribution in [3.63, 3.8) is 0 Å². The molecule has 1 aliphatic rings. The normalized spacial score (nSPS) is 13.8. The van der Waals surface area contributed by atoms with E-state index in [1.807, 2.05) is 29.2 Å². The quantitative estimate of drug-likeness (QED) is 0.308. The van der Waals surface area contributed by atoms with Gasteiger partial charge in [-0.3, -0.25) is 9.59 Å². The molecule has 0 aliphatic carbocycles. The van der Waals surface area contributed by atoms with Crippen LogP contribution in [0.25, 0.3) is 10.9 Å². The number of fused-ring (bicyclic) bond motifs is 1. The number of nitrogens with zero attached hydrogens (tertiary/aromatic N) is 2. The number of halogens is 1. The number of carbonyl (C=O) groups excluding carboxylic acids is 2. The zero-order valence-electron chi connectivity index (χ0n) is 21.6. The van der Waals surface area contributed by atoms with E-state index in [-0.39, 0.29) is 17.2 Å². The Labute approximate surface area is 223 Å². The average Bonchev–Trinajstić information content (AvgIpc) is 3.52.